The van der Waals surface area contributed by atoms with E-state index in [2.05, 4.69) is 21.2 Å². The molecule has 1 aliphatic heterocycles. The van der Waals surface area contributed by atoms with Crippen molar-refractivity contribution in [2.45, 2.75) is 37.8 Å². The first-order chi connectivity index (χ1) is 14.5. The summed E-state index contributed by atoms with van der Waals surface area (Å²) in [6.45, 7) is 4.36. The molecule has 3 atom stereocenters. The Morgan fingerprint density at radius 1 is 1.35 bits per heavy atom. The van der Waals surface area contributed by atoms with Gasteiger partial charge in [-0.1, -0.05) is 34.1 Å². The number of aliphatic hydroxyl groups is 1. The molecule has 2 N–H and O–H groups in total. The van der Waals surface area contributed by atoms with Crippen LogP contribution in [-0.2, 0) is 19.1 Å². The molecule has 31 heavy (non-hydrogen) atoms. The molecule has 9 nitrogen and oxygen atoms in total. The molecule has 170 valence electrons. The van der Waals surface area contributed by atoms with E-state index in [9.17, 15) is 24.7 Å². The number of hydrogen-bond acceptors (Lipinski definition) is 8. The van der Waals surface area contributed by atoms with Gasteiger partial charge in [0.25, 0.3) is 11.6 Å². The lowest BCUT2D eigenvalue weighted by molar-refractivity contribution is -0.894. The lowest BCUT2D eigenvalue weighted by Crippen LogP contribution is -2.74. The van der Waals surface area contributed by atoms with Crippen molar-refractivity contribution in [2.24, 2.45) is 0 Å². The number of nitrogens with zero attached hydrogens (tertiary/aromatic N) is 1. The van der Waals surface area contributed by atoms with E-state index < -0.39 is 45.0 Å². The molecule has 2 rings (SSSR count). The fourth-order valence-corrected chi connectivity index (χ4v) is 4.13. The maximum absolute atomic E-state index is 13.5. The van der Waals surface area contributed by atoms with E-state index in [0.717, 1.165) is 0 Å². The molecule has 1 amide bonds. The Hall–Kier alpha value is -2.08. The second-order valence-corrected chi connectivity index (χ2v) is 9.32. The van der Waals surface area contributed by atoms with Crippen LogP contribution in [0.3, 0.4) is 0 Å². The molecule has 1 saturated heterocycles. The van der Waals surface area contributed by atoms with E-state index in [4.69, 9.17) is 9.47 Å². The van der Waals surface area contributed by atoms with Crippen molar-refractivity contribution in [3.05, 3.63) is 47.0 Å². The fourth-order valence-electron chi connectivity index (χ4n) is 3.02. The zero-order valence-electron chi connectivity index (χ0n) is 17.4. The summed E-state index contributed by atoms with van der Waals surface area (Å²) in [5, 5.41) is 25.2. The van der Waals surface area contributed by atoms with E-state index in [1.54, 1.807) is 45.0 Å². The fraction of sp³-hybridized carbons (Fsp3) is 0.450. The monoisotopic (exact) mass is 516 g/mol. The maximum atomic E-state index is 13.5. The molecule has 1 aromatic rings. The lowest BCUT2D eigenvalue weighted by Gasteiger charge is -2.58. The number of carbonyl (C=O) groups excluding carboxylic acids is 3. The SMILES string of the molecule is CC(C)(C)OC(=O)/C(=C(\O)CBr)[N+]1([O-])CC(NC(=O)COc2ccccc2)C1SC=O. The summed E-state index contributed by atoms with van der Waals surface area (Å²) in [5.74, 6) is -1.44. The third kappa shape index (κ3) is 6.45. The van der Waals surface area contributed by atoms with Crippen molar-refractivity contribution in [3.8, 4) is 5.75 Å². The van der Waals surface area contributed by atoms with Crippen molar-refractivity contribution < 1.29 is 33.6 Å². The molecule has 0 spiro atoms. The number of hydroxylamine groups is 3. The Morgan fingerprint density at radius 3 is 2.55 bits per heavy atom. The van der Waals surface area contributed by atoms with Gasteiger partial charge in [0, 0.05) is 0 Å². The minimum absolute atomic E-state index is 0.149. The van der Waals surface area contributed by atoms with Gasteiger partial charge in [-0.25, -0.2) is 4.79 Å². The Labute approximate surface area is 193 Å². The first-order valence-electron chi connectivity index (χ1n) is 9.39. The minimum Gasteiger partial charge on any atom is -0.626 e. The number of halogens is 1. The van der Waals surface area contributed by atoms with Gasteiger partial charge in [-0.2, -0.15) is 0 Å². The smallest absolute Gasteiger partial charge is 0.397 e. The topological polar surface area (TPSA) is 125 Å². The first kappa shape index (κ1) is 25.2. The predicted molar refractivity (Wildman–Crippen MR) is 120 cm³/mol. The number of para-hydroxylation sites is 1. The van der Waals surface area contributed by atoms with Gasteiger partial charge in [0.2, 0.25) is 0 Å². The highest BCUT2D eigenvalue weighted by Gasteiger charge is 2.56. The normalized spacial score (nSPS) is 23.8. The van der Waals surface area contributed by atoms with Gasteiger partial charge in [0.1, 0.15) is 23.9 Å². The zero-order valence-corrected chi connectivity index (χ0v) is 19.8. The number of ether oxygens (including phenoxy) is 2. The predicted octanol–water partition coefficient (Wildman–Crippen LogP) is 2.63. The van der Waals surface area contributed by atoms with Crippen LogP contribution in [0.5, 0.6) is 5.75 Å². The number of hydrogen-bond donors (Lipinski definition) is 2. The van der Waals surface area contributed by atoms with Crippen molar-refractivity contribution >= 4 is 45.2 Å². The van der Waals surface area contributed by atoms with E-state index >= 15 is 0 Å². The van der Waals surface area contributed by atoms with Gasteiger partial charge < -0.3 is 29.8 Å². The molecule has 0 saturated carbocycles. The molecule has 0 bridgehead atoms. The third-order valence-electron chi connectivity index (χ3n) is 4.25. The highest BCUT2D eigenvalue weighted by atomic mass is 79.9. The second kappa shape index (κ2) is 10.5. The van der Waals surface area contributed by atoms with Gasteiger partial charge in [0.05, 0.1) is 5.33 Å². The maximum Gasteiger partial charge on any atom is 0.397 e. The lowest BCUT2D eigenvalue weighted by atomic mass is 10.0. The second-order valence-electron chi connectivity index (χ2n) is 7.81. The Balaban J connectivity index is 2.14. The van der Waals surface area contributed by atoms with Crippen LogP contribution in [0.1, 0.15) is 20.8 Å². The number of esters is 1. The summed E-state index contributed by atoms with van der Waals surface area (Å²) in [4.78, 5) is 36.1. The number of aliphatic hydroxyl groups excluding tert-OH is 1. The molecule has 1 heterocycles. The van der Waals surface area contributed by atoms with Crippen LogP contribution in [0, 0.1) is 5.21 Å². The number of thioether (sulfide) groups is 1. The average molecular weight is 517 g/mol. The first-order valence-corrected chi connectivity index (χ1v) is 11.5. The number of allylic oxidation sites excluding steroid dienone is 1. The van der Waals surface area contributed by atoms with Crippen molar-refractivity contribution in [1.29, 1.82) is 0 Å². The number of likely N-dealkylation sites (tertiary alicyclic amines) is 1. The Kier molecular flexibility index (Phi) is 8.52. The average Bonchev–Trinajstić information content (AvgIpc) is 2.69. The Morgan fingerprint density at radius 2 is 2.00 bits per heavy atom. The number of rotatable bonds is 9. The molecular weight excluding hydrogens is 492 g/mol. The molecule has 0 aliphatic carbocycles. The van der Waals surface area contributed by atoms with E-state index in [0.29, 0.717) is 23.1 Å². The molecule has 1 fully saturated rings. The molecule has 1 aliphatic rings. The molecule has 0 aromatic heterocycles. The summed E-state index contributed by atoms with van der Waals surface area (Å²) in [6.07, 6.45) is 0. The summed E-state index contributed by atoms with van der Waals surface area (Å²) in [7, 11) is 0. The quantitative estimate of drug-likeness (QED) is 0.0975. The summed E-state index contributed by atoms with van der Waals surface area (Å²) < 4.78 is 9.35. The third-order valence-corrected chi connectivity index (χ3v) is 5.84. The largest absolute Gasteiger partial charge is 0.626 e. The van der Waals surface area contributed by atoms with Gasteiger partial charge >= 0.3 is 5.97 Å². The number of benzene rings is 1. The van der Waals surface area contributed by atoms with Crippen LogP contribution in [0.4, 0.5) is 0 Å². The number of alkyl halides is 1. The summed E-state index contributed by atoms with van der Waals surface area (Å²) in [6, 6.07) is 8.02. The Bertz CT molecular complexity index is 844. The molecule has 1 aromatic carbocycles. The van der Waals surface area contributed by atoms with Gasteiger partial charge in [-0.15, -0.1) is 0 Å². The van der Waals surface area contributed by atoms with Crippen LogP contribution >= 0.6 is 27.7 Å². The number of carbonyl (C=O) groups is 3. The van der Waals surface area contributed by atoms with Crippen LogP contribution in [-0.4, -0.2) is 62.7 Å². The number of nitrogens with one attached hydrogen (secondary N) is 1. The molecule has 11 heteroatoms. The zero-order chi connectivity index (χ0) is 23.2. The van der Waals surface area contributed by atoms with E-state index in [1.807, 2.05) is 6.07 Å². The van der Waals surface area contributed by atoms with Gasteiger partial charge in [0.15, 0.2) is 23.4 Å². The van der Waals surface area contributed by atoms with Crippen LogP contribution < -0.4 is 10.1 Å². The van der Waals surface area contributed by atoms with Crippen LogP contribution in [0.25, 0.3) is 0 Å². The highest BCUT2D eigenvalue weighted by Crippen LogP contribution is 2.41. The van der Waals surface area contributed by atoms with Crippen molar-refractivity contribution in [1.82, 2.24) is 5.32 Å². The molecule has 0 radical (unpaired) electrons. The molecular formula is C20H25BrN2O7S. The minimum atomic E-state index is -1.31. The van der Waals surface area contributed by atoms with Crippen LogP contribution in [0.2, 0.25) is 0 Å². The summed E-state index contributed by atoms with van der Waals surface area (Å²) >= 11 is 3.68. The standard InChI is InChI=1S/C20H25BrN2O7S/c1-20(2,3)30-19(27)17(15(25)9-21)23(28)10-14(18(23)31-12-24)22-16(26)11-29-13-7-5-4-6-8-13/h4-8,12,14,18,25H,9-11H2,1-3H3,(H,22,26)/b17-15+. The summed E-state index contributed by atoms with van der Waals surface area (Å²) in [5.41, 5.74) is -0.932. The highest BCUT2D eigenvalue weighted by molar-refractivity contribution is 9.09. The van der Waals surface area contributed by atoms with Gasteiger partial charge in [-0.3, -0.25) is 9.59 Å². The molecule has 3 unspecified atom stereocenters. The van der Waals surface area contributed by atoms with Gasteiger partial charge in [-0.05, 0) is 44.7 Å². The van der Waals surface area contributed by atoms with Crippen molar-refractivity contribution in [3.63, 3.8) is 0 Å². The number of quaternary nitrogens is 1. The van der Waals surface area contributed by atoms with E-state index in [-0.39, 0.29) is 18.5 Å². The number of amides is 1. The van der Waals surface area contributed by atoms with Crippen LogP contribution in [0.15, 0.2) is 41.8 Å². The van der Waals surface area contributed by atoms with E-state index in [1.165, 1.54) is 0 Å². The van der Waals surface area contributed by atoms with Crippen molar-refractivity contribution in [2.75, 3.05) is 18.5 Å².